The van der Waals surface area contributed by atoms with Gasteiger partial charge in [-0.1, -0.05) is 41.9 Å². The van der Waals surface area contributed by atoms with Crippen LogP contribution < -0.4 is 10.4 Å². The van der Waals surface area contributed by atoms with Crippen LogP contribution in [-0.2, 0) is 22.5 Å². The molecule has 0 saturated carbocycles. The SMILES string of the molecule is COC(=O)Cc1c(C)c2cc(Cl)c3c(c2oc1=O)CN([C@@H](C)c1ccccc1)CO3. The quantitative estimate of drug-likeness (QED) is 0.454. The number of ether oxygens (including phenoxy) is 2. The van der Waals surface area contributed by atoms with Crippen molar-refractivity contribution in [2.45, 2.75) is 32.9 Å². The average Bonchev–Trinajstić information content (AvgIpc) is 2.77. The molecule has 0 saturated heterocycles. The van der Waals surface area contributed by atoms with E-state index in [4.69, 9.17) is 25.5 Å². The Balaban J connectivity index is 1.80. The lowest BCUT2D eigenvalue weighted by molar-refractivity contribution is -0.139. The zero-order valence-corrected chi connectivity index (χ0v) is 17.8. The first kappa shape index (κ1) is 20.4. The fourth-order valence-electron chi connectivity index (χ4n) is 3.84. The van der Waals surface area contributed by atoms with Crippen molar-refractivity contribution in [3.05, 3.63) is 74.1 Å². The Morgan fingerprint density at radius 1 is 1.30 bits per heavy atom. The van der Waals surface area contributed by atoms with E-state index < -0.39 is 11.6 Å². The summed E-state index contributed by atoms with van der Waals surface area (Å²) in [5, 5.41) is 1.14. The van der Waals surface area contributed by atoms with Gasteiger partial charge in [-0.05, 0) is 31.0 Å². The van der Waals surface area contributed by atoms with E-state index in [0.717, 1.165) is 11.1 Å². The largest absolute Gasteiger partial charge is 0.476 e. The number of benzene rings is 2. The van der Waals surface area contributed by atoms with E-state index >= 15 is 0 Å². The monoisotopic (exact) mass is 427 g/mol. The number of halogens is 1. The van der Waals surface area contributed by atoms with Gasteiger partial charge >= 0.3 is 11.6 Å². The van der Waals surface area contributed by atoms with Crippen molar-refractivity contribution in [3.63, 3.8) is 0 Å². The molecular formula is C23H22ClNO5. The molecule has 1 aliphatic rings. The van der Waals surface area contributed by atoms with Crippen molar-refractivity contribution in [1.29, 1.82) is 0 Å². The zero-order chi connectivity index (χ0) is 21.4. The molecule has 2 heterocycles. The molecule has 1 aliphatic heterocycles. The van der Waals surface area contributed by atoms with Gasteiger partial charge in [0.05, 0.1) is 29.7 Å². The highest BCUT2D eigenvalue weighted by Gasteiger charge is 2.29. The second-order valence-electron chi connectivity index (χ2n) is 7.40. The lowest BCUT2D eigenvalue weighted by Crippen LogP contribution is -2.34. The molecule has 4 rings (SSSR count). The molecule has 0 spiro atoms. The summed E-state index contributed by atoms with van der Waals surface area (Å²) in [6.45, 7) is 4.78. The number of methoxy groups -OCH3 is 1. The highest BCUT2D eigenvalue weighted by molar-refractivity contribution is 6.33. The Kier molecular flexibility index (Phi) is 5.54. The Bertz CT molecular complexity index is 1170. The molecule has 7 heteroatoms. The number of hydrogen-bond acceptors (Lipinski definition) is 6. The first-order valence-electron chi connectivity index (χ1n) is 9.67. The average molecular weight is 428 g/mol. The Hall–Kier alpha value is -2.83. The summed E-state index contributed by atoms with van der Waals surface area (Å²) in [5.41, 5.74) is 2.71. The number of esters is 1. The van der Waals surface area contributed by atoms with Crippen LogP contribution in [0.15, 0.2) is 45.6 Å². The molecule has 6 nitrogen and oxygen atoms in total. The number of aryl methyl sites for hydroxylation is 1. The van der Waals surface area contributed by atoms with Crippen LogP contribution in [0.4, 0.5) is 0 Å². The molecule has 0 fully saturated rings. The number of nitrogens with zero attached hydrogens (tertiary/aromatic N) is 1. The maximum Gasteiger partial charge on any atom is 0.340 e. The van der Waals surface area contributed by atoms with Crippen molar-refractivity contribution in [2.75, 3.05) is 13.8 Å². The second kappa shape index (κ2) is 8.13. The number of carbonyl (C=O) groups is 1. The van der Waals surface area contributed by atoms with Gasteiger partial charge in [-0.15, -0.1) is 0 Å². The summed E-state index contributed by atoms with van der Waals surface area (Å²) in [7, 11) is 1.29. The predicted octanol–water partition coefficient (Wildman–Crippen LogP) is 4.38. The molecule has 0 N–H and O–H groups in total. The van der Waals surface area contributed by atoms with E-state index in [0.29, 0.717) is 40.6 Å². The van der Waals surface area contributed by atoms with Gasteiger partial charge in [0.2, 0.25) is 0 Å². The molecule has 1 aromatic heterocycles. The third-order valence-electron chi connectivity index (χ3n) is 5.69. The van der Waals surface area contributed by atoms with Crippen molar-refractivity contribution in [1.82, 2.24) is 4.90 Å². The minimum atomic E-state index is -0.553. The summed E-state index contributed by atoms with van der Waals surface area (Å²) < 4.78 is 16.3. The van der Waals surface area contributed by atoms with Crippen LogP contribution in [0, 0.1) is 6.92 Å². The minimum absolute atomic E-state index is 0.0970. The number of fused-ring (bicyclic) bond motifs is 3. The molecule has 1 atom stereocenters. The molecule has 0 radical (unpaired) electrons. The van der Waals surface area contributed by atoms with Crippen LogP contribution in [0.5, 0.6) is 5.75 Å². The lowest BCUT2D eigenvalue weighted by atomic mass is 9.99. The molecule has 0 unspecified atom stereocenters. The Labute approximate surface area is 179 Å². The van der Waals surface area contributed by atoms with Crippen LogP contribution in [-0.4, -0.2) is 24.7 Å². The van der Waals surface area contributed by atoms with E-state index in [-0.39, 0.29) is 18.0 Å². The Morgan fingerprint density at radius 2 is 2.03 bits per heavy atom. The molecule has 0 bridgehead atoms. The summed E-state index contributed by atoms with van der Waals surface area (Å²) in [6, 6.07) is 11.9. The summed E-state index contributed by atoms with van der Waals surface area (Å²) in [5.74, 6) is 0.0314. The number of carbonyl (C=O) groups excluding carboxylic acids is 1. The topological polar surface area (TPSA) is 69.0 Å². The van der Waals surface area contributed by atoms with Gasteiger partial charge < -0.3 is 13.9 Å². The minimum Gasteiger partial charge on any atom is -0.476 e. The van der Waals surface area contributed by atoms with E-state index in [9.17, 15) is 9.59 Å². The molecule has 3 aromatic rings. The van der Waals surface area contributed by atoms with Crippen molar-refractivity contribution in [3.8, 4) is 5.75 Å². The van der Waals surface area contributed by atoms with Gasteiger partial charge in [0.15, 0.2) is 0 Å². The predicted molar refractivity (Wildman–Crippen MR) is 114 cm³/mol. The third-order valence-corrected chi connectivity index (χ3v) is 5.97. The Morgan fingerprint density at radius 3 is 2.73 bits per heavy atom. The van der Waals surface area contributed by atoms with Crippen molar-refractivity contribution in [2.24, 2.45) is 0 Å². The van der Waals surface area contributed by atoms with Crippen LogP contribution >= 0.6 is 11.6 Å². The van der Waals surface area contributed by atoms with Gasteiger partial charge in [-0.25, -0.2) is 4.79 Å². The highest BCUT2D eigenvalue weighted by Crippen LogP contribution is 2.41. The first-order chi connectivity index (χ1) is 14.4. The van der Waals surface area contributed by atoms with E-state index in [1.54, 1.807) is 13.0 Å². The summed E-state index contributed by atoms with van der Waals surface area (Å²) in [6.07, 6.45) is -0.150. The van der Waals surface area contributed by atoms with E-state index in [1.165, 1.54) is 7.11 Å². The highest BCUT2D eigenvalue weighted by atomic mass is 35.5. The van der Waals surface area contributed by atoms with Crippen LogP contribution in [0.3, 0.4) is 0 Å². The standard InChI is InChI=1S/C23H22ClNO5/c1-13-16-9-19(24)22-18(21(16)30-23(27)17(13)10-20(26)28-3)11-25(12-29-22)14(2)15-7-5-4-6-8-15/h4-9,14H,10-12H2,1-3H3/t14-/m0/s1. The van der Waals surface area contributed by atoms with E-state index in [1.807, 2.05) is 18.2 Å². The molecule has 0 aliphatic carbocycles. The molecule has 2 aromatic carbocycles. The number of hydrogen-bond donors (Lipinski definition) is 0. The first-order valence-corrected chi connectivity index (χ1v) is 10.0. The van der Waals surface area contributed by atoms with Gasteiger partial charge in [0.25, 0.3) is 0 Å². The van der Waals surface area contributed by atoms with Gasteiger partial charge in [-0.3, -0.25) is 9.69 Å². The van der Waals surface area contributed by atoms with Crippen LogP contribution in [0.1, 0.15) is 35.2 Å². The molecule has 0 amide bonds. The van der Waals surface area contributed by atoms with Gasteiger partial charge in [0, 0.05) is 18.0 Å². The second-order valence-corrected chi connectivity index (χ2v) is 7.80. The molecular weight excluding hydrogens is 406 g/mol. The normalized spacial score (nSPS) is 14.8. The van der Waals surface area contributed by atoms with Gasteiger partial charge in [-0.2, -0.15) is 0 Å². The zero-order valence-electron chi connectivity index (χ0n) is 17.0. The van der Waals surface area contributed by atoms with Crippen LogP contribution in [0.2, 0.25) is 5.02 Å². The smallest absolute Gasteiger partial charge is 0.340 e. The van der Waals surface area contributed by atoms with Crippen molar-refractivity contribution < 1.29 is 18.7 Å². The molecule has 156 valence electrons. The fraction of sp³-hybridized carbons (Fsp3) is 0.304. The van der Waals surface area contributed by atoms with Crippen LogP contribution in [0.25, 0.3) is 11.0 Å². The van der Waals surface area contributed by atoms with Crippen molar-refractivity contribution >= 4 is 28.5 Å². The van der Waals surface area contributed by atoms with E-state index in [2.05, 4.69) is 24.0 Å². The lowest BCUT2D eigenvalue weighted by Gasteiger charge is -2.34. The van der Waals surface area contributed by atoms with Gasteiger partial charge in [0.1, 0.15) is 18.1 Å². The third kappa shape index (κ3) is 3.57. The summed E-state index contributed by atoms with van der Waals surface area (Å²) >= 11 is 6.51. The maximum atomic E-state index is 12.7. The maximum absolute atomic E-state index is 12.7. The number of rotatable bonds is 4. The fourth-order valence-corrected chi connectivity index (χ4v) is 4.12. The molecule has 30 heavy (non-hydrogen) atoms. The summed E-state index contributed by atoms with van der Waals surface area (Å²) in [4.78, 5) is 26.5.